The standard InChI is InChI=1S/C4H7NO.H2S/c1-4-2-3-6-5-4;/h2-3H2,1H3;1H2. The summed E-state index contributed by atoms with van der Waals surface area (Å²) in [6, 6.07) is 0. The molecule has 0 saturated heterocycles. The van der Waals surface area contributed by atoms with E-state index in [0.29, 0.717) is 0 Å². The van der Waals surface area contributed by atoms with Gasteiger partial charge in [0, 0.05) is 6.42 Å². The first kappa shape index (κ1) is 6.82. The molecular weight excluding hydrogens is 110 g/mol. The summed E-state index contributed by atoms with van der Waals surface area (Å²) in [5.74, 6) is 0. The van der Waals surface area contributed by atoms with E-state index in [-0.39, 0.29) is 13.5 Å². The molecule has 0 aromatic carbocycles. The maximum Gasteiger partial charge on any atom is 0.122 e. The average molecular weight is 119 g/mol. The molecule has 1 aliphatic rings. The lowest BCUT2D eigenvalue weighted by Gasteiger charge is -1.76. The molecule has 1 aliphatic heterocycles. The van der Waals surface area contributed by atoms with Gasteiger partial charge in [-0.3, -0.25) is 0 Å². The van der Waals surface area contributed by atoms with E-state index in [9.17, 15) is 0 Å². The van der Waals surface area contributed by atoms with Crippen LogP contribution in [0.5, 0.6) is 0 Å². The molecule has 0 N–H and O–H groups in total. The van der Waals surface area contributed by atoms with Gasteiger partial charge >= 0.3 is 0 Å². The maximum absolute atomic E-state index is 4.64. The summed E-state index contributed by atoms with van der Waals surface area (Å²) in [5.41, 5.74) is 1.11. The molecule has 7 heavy (non-hydrogen) atoms. The van der Waals surface area contributed by atoms with Crippen LogP contribution in [0, 0.1) is 0 Å². The summed E-state index contributed by atoms with van der Waals surface area (Å²) in [6.07, 6.45) is 1.01. The van der Waals surface area contributed by atoms with Crippen LogP contribution in [0.4, 0.5) is 0 Å². The second kappa shape index (κ2) is 2.91. The van der Waals surface area contributed by atoms with Gasteiger partial charge < -0.3 is 4.84 Å². The van der Waals surface area contributed by atoms with Gasteiger partial charge in [-0.2, -0.15) is 13.5 Å². The van der Waals surface area contributed by atoms with Crippen LogP contribution in [0.3, 0.4) is 0 Å². The van der Waals surface area contributed by atoms with Crippen LogP contribution >= 0.6 is 13.5 Å². The maximum atomic E-state index is 4.64. The molecule has 3 heteroatoms. The minimum absolute atomic E-state index is 0. The molecule has 0 aromatic heterocycles. The lowest BCUT2D eigenvalue weighted by atomic mass is 10.3. The van der Waals surface area contributed by atoms with Crippen LogP contribution in [0.1, 0.15) is 13.3 Å². The van der Waals surface area contributed by atoms with Gasteiger partial charge in [0.05, 0.1) is 5.71 Å². The van der Waals surface area contributed by atoms with Crippen molar-refractivity contribution >= 4 is 19.2 Å². The molecule has 2 nitrogen and oxygen atoms in total. The third-order valence-corrected chi connectivity index (χ3v) is 0.776. The Labute approximate surface area is 50.0 Å². The fourth-order valence-corrected chi connectivity index (χ4v) is 0.395. The van der Waals surface area contributed by atoms with Gasteiger partial charge in [0.2, 0.25) is 0 Å². The smallest absolute Gasteiger partial charge is 0.122 e. The lowest BCUT2D eigenvalue weighted by molar-refractivity contribution is 0.173. The van der Waals surface area contributed by atoms with Gasteiger partial charge in [0.1, 0.15) is 6.61 Å². The van der Waals surface area contributed by atoms with Crippen LogP contribution in [0.25, 0.3) is 0 Å². The molecule has 0 aliphatic carbocycles. The number of hydrogen-bond donors (Lipinski definition) is 0. The Morgan fingerprint density at radius 2 is 2.43 bits per heavy atom. The van der Waals surface area contributed by atoms with Crippen LogP contribution in [0.15, 0.2) is 5.16 Å². The van der Waals surface area contributed by atoms with Gasteiger partial charge in [-0.25, -0.2) is 0 Å². The van der Waals surface area contributed by atoms with Gasteiger partial charge in [0.25, 0.3) is 0 Å². The quantitative estimate of drug-likeness (QED) is 0.464. The first-order chi connectivity index (χ1) is 2.89. The molecule has 0 saturated carbocycles. The summed E-state index contributed by atoms with van der Waals surface area (Å²) in [7, 11) is 0. The van der Waals surface area contributed by atoms with Crippen LogP contribution in [-0.2, 0) is 4.84 Å². The van der Waals surface area contributed by atoms with Crippen molar-refractivity contribution in [2.45, 2.75) is 13.3 Å². The molecule has 1 heterocycles. The van der Waals surface area contributed by atoms with Crippen molar-refractivity contribution in [1.29, 1.82) is 0 Å². The number of rotatable bonds is 0. The minimum atomic E-state index is 0. The van der Waals surface area contributed by atoms with Crippen molar-refractivity contribution in [1.82, 2.24) is 0 Å². The summed E-state index contributed by atoms with van der Waals surface area (Å²) in [5, 5.41) is 3.65. The summed E-state index contributed by atoms with van der Waals surface area (Å²) in [4.78, 5) is 4.64. The Balaban J connectivity index is 0.000000360. The summed E-state index contributed by atoms with van der Waals surface area (Å²) in [6.45, 7) is 2.75. The highest BCUT2D eigenvalue weighted by Gasteiger charge is 1.98. The van der Waals surface area contributed by atoms with Crippen molar-refractivity contribution in [2.24, 2.45) is 5.16 Å². The van der Waals surface area contributed by atoms with Crippen LogP contribution in [0.2, 0.25) is 0 Å². The molecule has 0 amide bonds. The number of nitrogens with zero attached hydrogens (tertiary/aromatic N) is 1. The van der Waals surface area contributed by atoms with E-state index in [2.05, 4.69) is 9.99 Å². The second-order valence-electron chi connectivity index (χ2n) is 1.41. The van der Waals surface area contributed by atoms with E-state index in [1.807, 2.05) is 6.92 Å². The fourth-order valence-electron chi connectivity index (χ4n) is 0.395. The van der Waals surface area contributed by atoms with E-state index >= 15 is 0 Å². The predicted molar refractivity (Wildman–Crippen MR) is 34.1 cm³/mol. The van der Waals surface area contributed by atoms with E-state index < -0.39 is 0 Å². The molecule has 0 fully saturated rings. The molecule has 0 atom stereocenters. The zero-order valence-corrected chi connectivity index (χ0v) is 5.27. The van der Waals surface area contributed by atoms with Crippen molar-refractivity contribution in [3.05, 3.63) is 0 Å². The third-order valence-electron chi connectivity index (χ3n) is 0.776. The highest BCUT2D eigenvalue weighted by atomic mass is 32.1. The largest absolute Gasteiger partial charge is 0.395 e. The lowest BCUT2D eigenvalue weighted by Crippen LogP contribution is -1.82. The molecular formula is C4H9NOS. The highest BCUT2D eigenvalue weighted by Crippen LogP contribution is 1.96. The molecule has 0 spiro atoms. The van der Waals surface area contributed by atoms with E-state index in [0.717, 1.165) is 18.7 Å². The van der Waals surface area contributed by atoms with Gasteiger partial charge in [0.15, 0.2) is 0 Å². The minimum Gasteiger partial charge on any atom is -0.395 e. The third kappa shape index (κ3) is 1.83. The second-order valence-corrected chi connectivity index (χ2v) is 1.41. The SMILES string of the molecule is CC1=NOCC1.S. The zero-order chi connectivity index (χ0) is 4.41. The topological polar surface area (TPSA) is 21.6 Å². The van der Waals surface area contributed by atoms with Crippen LogP contribution in [-0.4, -0.2) is 12.3 Å². The molecule has 1 rings (SSSR count). The van der Waals surface area contributed by atoms with Gasteiger partial charge in [-0.15, -0.1) is 0 Å². The first-order valence-corrected chi connectivity index (χ1v) is 2.05. The van der Waals surface area contributed by atoms with Crippen molar-refractivity contribution in [2.75, 3.05) is 6.61 Å². The molecule has 0 radical (unpaired) electrons. The average Bonchev–Trinajstić information content (AvgIpc) is 1.86. The number of hydrogen-bond acceptors (Lipinski definition) is 2. The first-order valence-electron chi connectivity index (χ1n) is 2.05. The fraction of sp³-hybridized carbons (Fsp3) is 0.750. The van der Waals surface area contributed by atoms with Crippen molar-refractivity contribution in [3.8, 4) is 0 Å². The molecule has 42 valence electrons. The van der Waals surface area contributed by atoms with Gasteiger partial charge in [-0.1, -0.05) is 5.16 Å². The van der Waals surface area contributed by atoms with E-state index in [1.54, 1.807) is 0 Å². The predicted octanol–water partition coefficient (Wildman–Crippen LogP) is 0.895. The summed E-state index contributed by atoms with van der Waals surface area (Å²) >= 11 is 0. The van der Waals surface area contributed by atoms with Crippen LogP contribution < -0.4 is 0 Å². The zero-order valence-electron chi connectivity index (χ0n) is 4.27. The molecule has 0 unspecified atom stereocenters. The molecule has 0 bridgehead atoms. The highest BCUT2D eigenvalue weighted by molar-refractivity contribution is 7.59. The number of oxime groups is 1. The Hall–Kier alpha value is -0.180. The Bertz CT molecular complexity index is 81.8. The van der Waals surface area contributed by atoms with E-state index in [1.165, 1.54) is 0 Å². The van der Waals surface area contributed by atoms with E-state index in [4.69, 9.17) is 0 Å². The Morgan fingerprint density at radius 3 is 2.57 bits per heavy atom. The van der Waals surface area contributed by atoms with Gasteiger partial charge in [-0.05, 0) is 6.92 Å². The molecule has 0 aromatic rings. The van der Waals surface area contributed by atoms with Crippen molar-refractivity contribution in [3.63, 3.8) is 0 Å². The normalized spacial score (nSPS) is 17.0. The van der Waals surface area contributed by atoms with Crippen molar-refractivity contribution < 1.29 is 4.84 Å². The Morgan fingerprint density at radius 1 is 1.71 bits per heavy atom. The Kier molecular flexibility index (Phi) is 2.83. The monoisotopic (exact) mass is 119 g/mol. The summed E-state index contributed by atoms with van der Waals surface area (Å²) < 4.78 is 0.